The number of amides is 3. The zero-order valence-electron chi connectivity index (χ0n) is 24.5. The lowest BCUT2D eigenvalue weighted by Crippen LogP contribution is -2.36. The van der Waals surface area contributed by atoms with Gasteiger partial charge in [-0.1, -0.05) is 56.6 Å². The van der Waals surface area contributed by atoms with Gasteiger partial charge in [-0.25, -0.2) is 14.2 Å². The Balaban J connectivity index is 0.000000359. The summed E-state index contributed by atoms with van der Waals surface area (Å²) >= 11 is 1.12. The molecule has 0 bridgehead atoms. The van der Waals surface area contributed by atoms with E-state index in [4.69, 9.17) is 5.73 Å². The topological polar surface area (TPSA) is 117 Å². The van der Waals surface area contributed by atoms with Crippen LogP contribution in [0.1, 0.15) is 80.7 Å². The van der Waals surface area contributed by atoms with Gasteiger partial charge in [-0.2, -0.15) is 0 Å². The largest absolute Gasteiger partial charge is 0.359 e. The van der Waals surface area contributed by atoms with Crippen molar-refractivity contribution < 1.29 is 18.8 Å². The molecule has 218 valence electrons. The fourth-order valence-electron chi connectivity index (χ4n) is 4.70. The Hall–Kier alpha value is -2.85. The third-order valence-electron chi connectivity index (χ3n) is 6.29. The summed E-state index contributed by atoms with van der Waals surface area (Å²) in [5.41, 5.74) is 6.96. The van der Waals surface area contributed by atoms with Crippen molar-refractivity contribution in [3.8, 4) is 0 Å². The number of urea groups is 1. The Bertz CT molecular complexity index is 1050. The van der Waals surface area contributed by atoms with Crippen molar-refractivity contribution in [1.82, 2.24) is 15.2 Å². The van der Waals surface area contributed by atoms with Gasteiger partial charge in [0.1, 0.15) is 5.82 Å². The van der Waals surface area contributed by atoms with E-state index in [9.17, 15) is 18.8 Å². The second kappa shape index (κ2) is 17.0. The highest BCUT2D eigenvalue weighted by molar-refractivity contribution is 7.17. The number of nitrogens with zero attached hydrogens (tertiary/aromatic N) is 2. The maximum absolute atomic E-state index is 13.0. The van der Waals surface area contributed by atoms with E-state index < -0.39 is 6.03 Å². The summed E-state index contributed by atoms with van der Waals surface area (Å²) in [7, 11) is 3.85. The lowest BCUT2D eigenvalue weighted by molar-refractivity contribution is -0.118. The molecule has 0 unspecified atom stereocenters. The van der Waals surface area contributed by atoms with Gasteiger partial charge in [0.15, 0.2) is 10.9 Å². The predicted octanol–water partition coefficient (Wildman–Crippen LogP) is 5.80. The highest BCUT2D eigenvalue weighted by Gasteiger charge is 2.23. The lowest BCUT2D eigenvalue weighted by atomic mass is 9.84. The minimum absolute atomic E-state index is 0.00463. The normalized spacial score (nSPS) is 13.5. The standard InChI is InChI=1S/C19H30FN.C7H9N3O2S.C3H7NO/c1-19(2,13-16-9-11-18(20)12-10-16)15-21(3)14-17-7-5-4-6-8-17;1-3-5(4(2)11)13-7(9-3)10-6(8)12;1-3(5)4-2/h9-12,17H,4-8,13-15H2,1-3H3;1-2H3,(H3,8,9,10,12);1-2H3,(H,4,5). The van der Waals surface area contributed by atoms with Gasteiger partial charge in [-0.05, 0) is 62.3 Å². The number of nitrogens with one attached hydrogen (secondary N) is 2. The zero-order valence-corrected chi connectivity index (χ0v) is 25.3. The molecular weight excluding hydrogens is 517 g/mol. The maximum Gasteiger partial charge on any atom is 0.318 e. The van der Waals surface area contributed by atoms with Gasteiger partial charge in [-0.15, -0.1) is 0 Å². The van der Waals surface area contributed by atoms with E-state index in [0.717, 1.165) is 30.2 Å². The number of Topliss-reactive ketones (excluding diaryl/α,β-unsaturated/α-hetero) is 1. The molecule has 2 aromatic rings. The number of hydrogen-bond donors (Lipinski definition) is 3. The van der Waals surface area contributed by atoms with E-state index in [1.165, 1.54) is 58.1 Å². The average Bonchev–Trinajstić information content (AvgIpc) is 3.21. The van der Waals surface area contributed by atoms with Gasteiger partial charge < -0.3 is 16.0 Å². The molecule has 10 heteroatoms. The van der Waals surface area contributed by atoms with Gasteiger partial charge in [0.2, 0.25) is 5.91 Å². The van der Waals surface area contributed by atoms with Crippen molar-refractivity contribution in [2.75, 3.05) is 32.5 Å². The summed E-state index contributed by atoms with van der Waals surface area (Å²) < 4.78 is 13.0. The molecule has 1 aromatic heterocycles. The molecule has 4 N–H and O–H groups in total. The Labute approximate surface area is 237 Å². The highest BCUT2D eigenvalue weighted by atomic mass is 32.1. The van der Waals surface area contributed by atoms with Crippen molar-refractivity contribution in [1.29, 1.82) is 0 Å². The third-order valence-corrected chi connectivity index (χ3v) is 7.46. The number of benzene rings is 1. The maximum atomic E-state index is 13.0. The molecule has 1 aliphatic carbocycles. The van der Waals surface area contributed by atoms with E-state index in [1.54, 1.807) is 26.1 Å². The summed E-state index contributed by atoms with van der Waals surface area (Å²) in [4.78, 5) is 38.1. The van der Waals surface area contributed by atoms with E-state index in [2.05, 4.69) is 41.4 Å². The van der Waals surface area contributed by atoms with Crippen LogP contribution in [-0.2, 0) is 11.2 Å². The fraction of sp³-hybridized carbons (Fsp3) is 0.586. The first-order valence-electron chi connectivity index (χ1n) is 13.4. The minimum atomic E-state index is -0.677. The average molecular weight is 564 g/mol. The summed E-state index contributed by atoms with van der Waals surface area (Å²) in [6, 6.07) is 6.29. The molecule has 8 nitrogen and oxygen atoms in total. The zero-order chi connectivity index (χ0) is 29.6. The summed E-state index contributed by atoms with van der Waals surface area (Å²) in [5, 5.41) is 5.06. The van der Waals surface area contributed by atoms with Gasteiger partial charge >= 0.3 is 6.03 Å². The van der Waals surface area contributed by atoms with Crippen LogP contribution >= 0.6 is 11.3 Å². The van der Waals surface area contributed by atoms with Crippen LogP contribution in [0.5, 0.6) is 0 Å². The molecule has 39 heavy (non-hydrogen) atoms. The smallest absolute Gasteiger partial charge is 0.318 e. The number of thiazole rings is 1. The summed E-state index contributed by atoms with van der Waals surface area (Å²) in [5.74, 6) is 0.689. The number of hydrogen-bond acceptors (Lipinski definition) is 6. The molecule has 0 saturated heterocycles. The Morgan fingerprint density at radius 2 is 1.69 bits per heavy atom. The number of carbonyl (C=O) groups excluding carboxylic acids is 3. The number of aromatic nitrogens is 1. The quantitative estimate of drug-likeness (QED) is 0.351. The molecule has 0 radical (unpaired) electrons. The number of anilines is 1. The second-order valence-corrected chi connectivity index (χ2v) is 12.0. The summed E-state index contributed by atoms with van der Waals surface area (Å²) in [6.45, 7) is 11.6. The van der Waals surface area contributed by atoms with E-state index in [0.29, 0.717) is 15.7 Å². The lowest BCUT2D eigenvalue weighted by Gasteiger charge is -2.33. The first kappa shape index (κ1) is 34.2. The minimum Gasteiger partial charge on any atom is -0.359 e. The van der Waals surface area contributed by atoms with Gasteiger partial charge in [0, 0.05) is 34.0 Å². The van der Waals surface area contributed by atoms with Gasteiger partial charge in [-0.3, -0.25) is 14.9 Å². The number of nitrogens with two attached hydrogens (primary N) is 1. The van der Waals surface area contributed by atoms with Crippen LogP contribution in [0.25, 0.3) is 0 Å². The number of primary amides is 1. The number of halogens is 1. The van der Waals surface area contributed by atoms with Crippen LogP contribution in [-0.4, -0.2) is 54.8 Å². The molecule has 3 amide bonds. The molecule has 0 aliphatic heterocycles. The summed E-state index contributed by atoms with van der Waals surface area (Å²) in [6.07, 6.45) is 8.07. The monoisotopic (exact) mass is 563 g/mol. The van der Waals surface area contributed by atoms with Crippen LogP contribution in [0, 0.1) is 24.1 Å². The highest BCUT2D eigenvalue weighted by Crippen LogP contribution is 2.27. The number of ketones is 1. The molecule has 1 saturated carbocycles. The molecule has 0 spiro atoms. The van der Waals surface area contributed by atoms with E-state index in [1.807, 2.05) is 12.1 Å². The molecule has 1 aliphatic rings. The number of aryl methyl sites for hydroxylation is 1. The van der Waals surface area contributed by atoms with Crippen LogP contribution in [0.4, 0.5) is 14.3 Å². The first-order chi connectivity index (χ1) is 18.2. The van der Waals surface area contributed by atoms with Gasteiger partial charge in [0.25, 0.3) is 0 Å². The third kappa shape index (κ3) is 14.8. The van der Waals surface area contributed by atoms with Crippen LogP contribution < -0.4 is 16.4 Å². The van der Waals surface area contributed by atoms with Crippen molar-refractivity contribution >= 4 is 34.2 Å². The molecular formula is C29H46FN5O3S. The number of carbonyl (C=O) groups is 3. The first-order valence-corrected chi connectivity index (χ1v) is 14.2. The van der Waals surface area contributed by atoms with E-state index in [-0.39, 0.29) is 22.9 Å². The Morgan fingerprint density at radius 1 is 1.13 bits per heavy atom. The SMILES string of the molecule is CC(=O)c1sc(NC(N)=O)nc1C.CN(CC1CCCCC1)CC(C)(C)Cc1ccc(F)cc1.CNC(C)=O. The van der Waals surface area contributed by atoms with Crippen molar-refractivity contribution in [2.45, 2.75) is 73.1 Å². The van der Waals surface area contributed by atoms with Gasteiger partial charge in [0.05, 0.1) is 10.6 Å². The molecule has 1 heterocycles. The Kier molecular flexibility index (Phi) is 14.9. The molecule has 3 rings (SSSR count). The second-order valence-electron chi connectivity index (χ2n) is 11.0. The van der Waals surface area contributed by atoms with Crippen molar-refractivity contribution in [3.63, 3.8) is 0 Å². The number of rotatable bonds is 8. The van der Waals surface area contributed by atoms with Crippen LogP contribution in [0.15, 0.2) is 24.3 Å². The fourth-order valence-corrected chi connectivity index (χ4v) is 5.56. The van der Waals surface area contributed by atoms with Crippen molar-refractivity contribution in [3.05, 3.63) is 46.2 Å². The van der Waals surface area contributed by atoms with Crippen LogP contribution in [0.2, 0.25) is 0 Å². The van der Waals surface area contributed by atoms with Crippen LogP contribution in [0.3, 0.4) is 0 Å². The molecule has 1 aromatic carbocycles. The predicted molar refractivity (Wildman–Crippen MR) is 158 cm³/mol. The molecule has 0 atom stereocenters. The molecule has 1 fully saturated rings. The Morgan fingerprint density at radius 3 is 2.15 bits per heavy atom. The van der Waals surface area contributed by atoms with E-state index >= 15 is 0 Å². The van der Waals surface area contributed by atoms with Crippen molar-refractivity contribution in [2.24, 2.45) is 17.1 Å².